The van der Waals surface area contributed by atoms with E-state index in [-0.39, 0.29) is 6.54 Å². The third kappa shape index (κ3) is 4.01. The largest absolute Gasteiger partial charge is 0.480 e. The molecule has 1 aliphatic rings. The Kier molecular flexibility index (Phi) is 4.97. The Morgan fingerprint density at radius 3 is 2.46 bits per heavy atom. The highest BCUT2D eigenvalue weighted by molar-refractivity contribution is 6.30. The summed E-state index contributed by atoms with van der Waals surface area (Å²) in [7, 11) is 0. The van der Waals surface area contributed by atoms with Gasteiger partial charge in [-0.15, -0.1) is 0 Å². The predicted octanol–water partition coefficient (Wildman–Crippen LogP) is 2.31. The number of carboxylic acid groups (broad SMARTS) is 1. The standard InChI is InChI=1S/C17H19ClN4O2/c1-12-10-15(22-8-6-21(7-9-22)11-16(23)24)20-17(19-12)13-2-4-14(18)5-3-13/h2-5,10H,6-9,11H2,1H3,(H,23,24). The summed E-state index contributed by atoms with van der Waals surface area (Å²) in [5.41, 5.74) is 1.83. The van der Waals surface area contributed by atoms with Crippen LogP contribution < -0.4 is 4.90 Å². The van der Waals surface area contributed by atoms with E-state index in [1.807, 2.05) is 42.2 Å². The van der Waals surface area contributed by atoms with Crippen molar-refractivity contribution in [2.24, 2.45) is 0 Å². The molecule has 0 radical (unpaired) electrons. The third-order valence-corrected chi connectivity index (χ3v) is 4.25. The molecule has 1 aliphatic heterocycles. The number of aliphatic carboxylic acids is 1. The van der Waals surface area contributed by atoms with Crippen LogP contribution in [0, 0.1) is 6.92 Å². The highest BCUT2D eigenvalue weighted by atomic mass is 35.5. The second kappa shape index (κ2) is 7.15. The molecule has 3 rings (SSSR count). The Morgan fingerprint density at radius 2 is 1.83 bits per heavy atom. The summed E-state index contributed by atoms with van der Waals surface area (Å²) < 4.78 is 0. The molecule has 0 bridgehead atoms. The van der Waals surface area contributed by atoms with Crippen molar-refractivity contribution < 1.29 is 9.90 Å². The van der Waals surface area contributed by atoms with Crippen molar-refractivity contribution in [3.05, 3.63) is 41.0 Å². The molecule has 7 heteroatoms. The summed E-state index contributed by atoms with van der Waals surface area (Å²) in [4.78, 5) is 24.1. The highest BCUT2D eigenvalue weighted by Gasteiger charge is 2.20. The quantitative estimate of drug-likeness (QED) is 0.916. The van der Waals surface area contributed by atoms with Crippen molar-refractivity contribution in [1.29, 1.82) is 0 Å². The Labute approximate surface area is 145 Å². The Balaban J connectivity index is 1.77. The molecule has 1 aromatic carbocycles. The smallest absolute Gasteiger partial charge is 0.317 e. The summed E-state index contributed by atoms with van der Waals surface area (Å²) in [6.07, 6.45) is 0. The maximum absolute atomic E-state index is 10.8. The molecule has 0 amide bonds. The molecule has 1 N–H and O–H groups in total. The van der Waals surface area contributed by atoms with Gasteiger partial charge in [-0.25, -0.2) is 9.97 Å². The number of benzene rings is 1. The predicted molar refractivity (Wildman–Crippen MR) is 93.5 cm³/mol. The molecule has 0 unspecified atom stereocenters. The van der Waals surface area contributed by atoms with E-state index in [1.165, 1.54) is 0 Å². The van der Waals surface area contributed by atoms with E-state index >= 15 is 0 Å². The molecule has 126 valence electrons. The number of halogens is 1. The number of carbonyl (C=O) groups is 1. The lowest BCUT2D eigenvalue weighted by atomic mass is 10.2. The third-order valence-electron chi connectivity index (χ3n) is 4.00. The van der Waals surface area contributed by atoms with Crippen LogP contribution in [-0.4, -0.2) is 58.7 Å². The SMILES string of the molecule is Cc1cc(N2CCN(CC(=O)O)CC2)nc(-c2ccc(Cl)cc2)n1. The molecule has 24 heavy (non-hydrogen) atoms. The van der Waals surface area contributed by atoms with E-state index in [1.54, 1.807) is 0 Å². The second-order valence-corrected chi connectivity index (χ2v) is 6.29. The van der Waals surface area contributed by atoms with Crippen molar-refractivity contribution >= 4 is 23.4 Å². The monoisotopic (exact) mass is 346 g/mol. The van der Waals surface area contributed by atoms with Gasteiger partial charge in [-0.3, -0.25) is 9.69 Å². The molecule has 1 aromatic heterocycles. The van der Waals surface area contributed by atoms with Crippen LogP contribution in [0.4, 0.5) is 5.82 Å². The number of nitrogens with zero attached hydrogens (tertiary/aromatic N) is 4. The number of aromatic nitrogens is 2. The summed E-state index contributed by atoms with van der Waals surface area (Å²) in [6, 6.07) is 9.43. The molecular formula is C17H19ClN4O2. The molecule has 0 aliphatic carbocycles. The van der Waals surface area contributed by atoms with Crippen molar-refractivity contribution in [2.75, 3.05) is 37.6 Å². The summed E-state index contributed by atoms with van der Waals surface area (Å²) in [6.45, 7) is 4.97. The molecule has 0 spiro atoms. The van der Waals surface area contributed by atoms with E-state index < -0.39 is 5.97 Å². The lowest BCUT2D eigenvalue weighted by Gasteiger charge is -2.34. The molecule has 0 atom stereocenters. The van der Waals surface area contributed by atoms with E-state index in [0.29, 0.717) is 23.9 Å². The van der Waals surface area contributed by atoms with Crippen LogP contribution in [0.1, 0.15) is 5.69 Å². The second-order valence-electron chi connectivity index (χ2n) is 5.85. The maximum Gasteiger partial charge on any atom is 0.317 e. The lowest BCUT2D eigenvalue weighted by molar-refractivity contribution is -0.138. The van der Waals surface area contributed by atoms with Gasteiger partial charge in [-0.05, 0) is 31.2 Å². The number of hydrogen-bond acceptors (Lipinski definition) is 5. The zero-order chi connectivity index (χ0) is 17.1. The summed E-state index contributed by atoms with van der Waals surface area (Å²) in [5.74, 6) is 0.767. The zero-order valence-electron chi connectivity index (χ0n) is 13.4. The van der Waals surface area contributed by atoms with Gasteiger partial charge in [0.1, 0.15) is 5.82 Å². The van der Waals surface area contributed by atoms with Gasteiger partial charge >= 0.3 is 5.97 Å². The first-order valence-electron chi connectivity index (χ1n) is 7.82. The van der Waals surface area contributed by atoms with Crippen molar-refractivity contribution in [1.82, 2.24) is 14.9 Å². The van der Waals surface area contributed by atoms with Crippen molar-refractivity contribution in [3.8, 4) is 11.4 Å². The van der Waals surface area contributed by atoms with Crippen LogP contribution in [0.15, 0.2) is 30.3 Å². The molecule has 1 saturated heterocycles. The van der Waals surface area contributed by atoms with E-state index in [9.17, 15) is 4.79 Å². The number of anilines is 1. The van der Waals surface area contributed by atoms with E-state index in [2.05, 4.69) is 14.9 Å². The fraction of sp³-hybridized carbons (Fsp3) is 0.353. The van der Waals surface area contributed by atoms with Crippen LogP contribution >= 0.6 is 11.6 Å². The molecule has 2 aromatic rings. The van der Waals surface area contributed by atoms with Gasteiger partial charge in [-0.2, -0.15) is 0 Å². The van der Waals surface area contributed by atoms with Crippen LogP contribution in [0.25, 0.3) is 11.4 Å². The topological polar surface area (TPSA) is 69.6 Å². The Hall–Kier alpha value is -2.18. The first kappa shape index (κ1) is 16.7. The average molecular weight is 347 g/mol. The minimum Gasteiger partial charge on any atom is -0.480 e. The first-order valence-corrected chi connectivity index (χ1v) is 8.20. The first-order chi connectivity index (χ1) is 11.5. The van der Waals surface area contributed by atoms with Crippen molar-refractivity contribution in [3.63, 3.8) is 0 Å². The van der Waals surface area contributed by atoms with Gasteiger partial charge in [0.25, 0.3) is 0 Å². The van der Waals surface area contributed by atoms with Gasteiger partial charge in [0.15, 0.2) is 5.82 Å². The Bertz CT molecular complexity index is 728. The van der Waals surface area contributed by atoms with Crippen LogP contribution in [0.2, 0.25) is 5.02 Å². The lowest BCUT2D eigenvalue weighted by Crippen LogP contribution is -2.48. The molecule has 2 heterocycles. The molecule has 1 fully saturated rings. The van der Waals surface area contributed by atoms with Gasteiger partial charge in [0.05, 0.1) is 6.54 Å². The number of carboxylic acids is 1. The van der Waals surface area contributed by atoms with E-state index in [0.717, 1.165) is 30.2 Å². The fourth-order valence-electron chi connectivity index (χ4n) is 2.77. The highest BCUT2D eigenvalue weighted by Crippen LogP contribution is 2.22. The van der Waals surface area contributed by atoms with Crippen LogP contribution in [0.3, 0.4) is 0 Å². The normalized spacial score (nSPS) is 15.5. The number of piperazine rings is 1. The summed E-state index contributed by atoms with van der Waals surface area (Å²) in [5, 5.41) is 9.56. The molecule has 0 saturated carbocycles. The number of aryl methyl sites for hydroxylation is 1. The minimum absolute atomic E-state index is 0.0899. The van der Waals surface area contributed by atoms with Crippen molar-refractivity contribution in [2.45, 2.75) is 6.92 Å². The molecule has 6 nitrogen and oxygen atoms in total. The van der Waals surface area contributed by atoms with Crippen LogP contribution in [-0.2, 0) is 4.79 Å². The van der Waals surface area contributed by atoms with Gasteiger partial charge < -0.3 is 10.0 Å². The van der Waals surface area contributed by atoms with Crippen LogP contribution in [0.5, 0.6) is 0 Å². The van der Waals surface area contributed by atoms with Gasteiger partial charge in [-0.1, -0.05) is 11.6 Å². The Morgan fingerprint density at radius 1 is 1.17 bits per heavy atom. The fourth-order valence-corrected chi connectivity index (χ4v) is 2.89. The number of rotatable bonds is 4. The number of hydrogen-bond donors (Lipinski definition) is 1. The zero-order valence-corrected chi connectivity index (χ0v) is 14.2. The van der Waals surface area contributed by atoms with Gasteiger partial charge in [0, 0.05) is 48.5 Å². The molecular weight excluding hydrogens is 328 g/mol. The van der Waals surface area contributed by atoms with E-state index in [4.69, 9.17) is 16.7 Å². The maximum atomic E-state index is 10.8. The minimum atomic E-state index is -0.786. The summed E-state index contributed by atoms with van der Waals surface area (Å²) >= 11 is 5.94. The average Bonchev–Trinajstić information content (AvgIpc) is 2.55. The van der Waals surface area contributed by atoms with Gasteiger partial charge in [0.2, 0.25) is 0 Å².